The Labute approximate surface area is 135 Å². The van der Waals surface area contributed by atoms with E-state index in [4.69, 9.17) is 4.42 Å². The van der Waals surface area contributed by atoms with Gasteiger partial charge in [0, 0.05) is 17.7 Å². The van der Waals surface area contributed by atoms with Crippen LogP contribution in [-0.2, 0) is 0 Å². The number of nitro benzene ring substituents is 1. The number of nitro groups is 1. The summed E-state index contributed by atoms with van der Waals surface area (Å²) >= 11 is 0. The predicted octanol–water partition coefficient (Wildman–Crippen LogP) is 2.34. The van der Waals surface area contributed by atoms with Crippen molar-refractivity contribution in [1.82, 2.24) is 15.6 Å². The average Bonchev–Trinajstić information content (AvgIpc) is 3.26. The lowest BCUT2D eigenvalue weighted by molar-refractivity contribution is -0.384. The zero-order valence-corrected chi connectivity index (χ0v) is 12.2. The highest BCUT2D eigenvalue weighted by Crippen LogP contribution is 2.22. The summed E-state index contributed by atoms with van der Waals surface area (Å²) in [6.07, 6.45) is 2.85. The number of amides is 1. The zero-order chi connectivity index (χ0) is 16.9. The van der Waals surface area contributed by atoms with Gasteiger partial charge >= 0.3 is 0 Å². The average molecular weight is 325 g/mol. The molecule has 3 aromatic rings. The van der Waals surface area contributed by atoms with E-state index in [2.05, 4.69) is 20.7 Å². The first-order chi connectivity index (χ1) is 11.6. The van der Waals surface area contributed by atoms with E-state index < -0.39 is 10.8 Å². The molecule has 0 aliphatic rings. The van der Waals surface area contributed by atoms with E-state index in [0.717, 1.165) is 0 Å². The number of hydrazone groups is 1. The van der Waals surface area contributed by atoms with Gasteiger partial charge in [-0.25, -0.2) is 5.43 Å². The van der Waals surface area contributed by atoms with Gasteiger partial charge in [-0.2, -0.15) is 10.2 Å². The standard InChI is InChI=1S/C15H11N5O4/c21-15(19-16-9-12-5-2-6-24-12)14-8-13(17-18-14)10-3-1-4-11(7-10)20(22)23/h1-9H,(H,17,18)(H,19,21)/b16-9+. The van der Waals surface area contributed by atoms with E-state index in [1.54, 1.807) is 24.3 Å². The van der Waals surface area contributed by atoms with Crippen LogP contribution in [0.4, 0.5) is 5.69 Å². The van der Waals surface area contributed by atoms with Gasteiger partial charge in [0.15, 0.2) is 0 Å². The number of hydrogen-bond donors (Lipinski definition) is 2. The first-order valence-corrected chi connectivity index (χ1v) is 6.80. The molecule has 0 saturated heterocycles. The fourth-order valence-corrected chi connectivity index (χ4v) is 1.94. The van der Waals surface area contributed by atoms with Gasteiger partial charge in [-0.3, -0.25) is 20.0 Å². The topological polar surface area (TPSA) is 126 Å². The minimum Gasteiger partial charge on any atom is -0.463 e. The van der Waals surface area contributed by atoms with Crippen molar-refractivity contribution in [2.45, 2.75) is 0 Å². The third kappa shape index (κ3) is 3.35. The number of aromatic nitrogens is 2. The number of nitrogens with one attached hydrogen (secondary N) is 2. The van der Waals surface area contributed by atoms with E-state index in [1.807, 2.05) is 0 Å². The normalized spacial score (nSPS) is 10.8. The van der Waals surface area contributed by atoms with Gasteiger partial charge in [0.05, 0.1) is 23.1 Å². The Hall–Kier alpha value is -3.75. The van der Waals surface area contributed by atoms with Crippen LogP contribution in [0.5, 0.6) is 0 Å². The van der Waals surface area contributed by atoms with Gasteiger partial charge in [-0.05, 0) is 18.2 Å². The number of nitrogens with zero attached hydrogens (tertiary/aromatic N) is 3. The second-order valence-electron chi connectivity index (χ2n) is 4.69. The number of carbonyl (C=O) groups excluding carboxylic acids is 1. The second kappa shape index (κ2) is 6.57. The molecule has 1 amide bonds. The molecule has 0 radical (unpaired) electrons. The third-order valence-electron chi connectivity index (χ3n) is 3.08. The molecule has 0 atom stereocenters. The molecule has 2 N–H and O–H groups in total. The maximum absolute atomic E-state index is 12.0. The lowest BCUT2D eigenvalue weighted by atomic mass is 10.1. The highest BCUT2D eigenvalue weighted by atomic mass is 16.6. The van der Waals surface area contributed by atoms with Crippen molar-refractivity contribution in [1.29, 1.82) is 0 Å². The maximum atomic E-state index is 12.0. The van der Waals surface area contributed by atoms with Crippen molar-refractivity contribution in [2.75, 3.05) is 0 Å². The Bertz CT molecular complexity index is 898. The fourth-order valence-electron chi connectivity index (χ4n) is 1.94. The van der Waals surface area contributed by atoms with E-state index in [-0.39, 0.29) is 11.4 Å². The van der Waals surface area contributed by atoms with Gasteiger partial charge in [0.25, 0.3) is 11.6 Å². The highest BCUT2D eigenvalue weighted by molar-refractivity contribution is 5.93. The fraction of sp³-hybridized carbons (Fsp3) is 0. The van der Waals surface area contributed by atoms with Crippen LogP contribution >= 0.6 is 0 Å². The largest absolute Gasteiger partial charge is 0.463 e. The van der Waals surface area contributed by atoms with Crippen molar-refractivity contribution >= 4 is 17.8 Å². The summed E-state index contributed by atoms with van der Waals surface area (Å²) in [5.41, 5.74) is 3.39. The zero-order valence-electron chi connectivity index (χ0n) is 12.2. The van der Waals surface area contributed by atoms with Crippen LogP contribution in [0.25, 0.3) is 11.3 Å². The Morgan fingerprint density at radius 1 is 1.33 bits per heavy atom. The number of hydrogen-bond acceptors (Lipinski definition) is 6. The van der Waals surface area contributed by atoms with Crippen molar-refractivity contribution in [3.8, 4) is 11.3 Å². The minimum atomic E-state index is -0.498. The molecule has 2 heterocycles. The SMILES string of the molecule is O=C(N/N=C/c1ccco1)c1cc(-c2cccc([N+](=O)[O-])c2)n[nH]1. The molecule has 0 aliphatic heterocycles. The van der Waals surface area contributed by atoms with Gasteiger partial charge in [-0.15, -0.1) is 0 Å². The molecule has 24 heavy (non-hydrogen) atoms. The molecule has 9 nitrogen and oxygen atoms in total. The summed E-state index contributed by atoms with van der Waals surface area (Å²) in [6.45, 7) is 0. The molecule has 0 bridgehead atoms. The number of aromatic amines is 1. The summed E-state index contributed by atoms with van der Waals surface area (Å²) in [5, 5.41) is 21.1. The van der Waals surface area contributed by atoms with Crippen LogP contribution in [0.2, 0.25) is 0 Å². The molecular weight excluding hydrogens is 314 g/mol. The van der Waals surface area contributed by atoms with E-state index in [0.29, 0.717) is 17.0 Å². The van der Waals surface area contributed by atoms with E-state index in [9.17, 15) is 14.9 Å². The number of rotatable bonds is 5. The van der Waals surface area contributed by atoms with Crippen molar-refractivity contribution in [3.63, 3.8) is 0 Å². The molecule has 1 aromatic carbocycles. The quantitative estimate of drug-likeness (QED) is 0.423. The summed E-state index contributed by atoms with van der Waals surface area (Å²) in [5.74, 6) is -0.000758. The van der Waals surface area contributed by atoms with Gasteiger partial charge < -0.3 is 4.42 Å². The number of carbonyl (C=O) groups is 1. The lowest BCUT2D eigenvalue weighted by Gasteiger charge is -1.96. The van der Waals surface area contributed by atoms with Crippen LogP contribution in [0.15, 0.2) is 58.2 Å². The summed E-state index contributed by atoms with van der Waals surface area (Å²) in [6, 6.07) is 10.8. The molecular formula is C15H11N5O4. The van der Waals surface area contributed by atoms with Gasteiger partial charge in [0.2, 0.25) is 0 Å². The van der Waals surface area contributed by atoms with Crippen molar-refractivity contribution < 1.29 is 14.1 Å². The molecule has 9 heteroatoms. The minimum absolute atomic E-state index is 0.0513. The van der Waals surface area contributed by atoms with Crippen molar-refractivity contribution in [3.05, 3.63) is 70.3 Å². The third-order valence-corrected chi connectivity index (χ3v) is 3.08. The number of H-pyrrole nitrogens is 1. The van der Waals surface area contributed by atoms with Crippen molar-refractivity contribution in [2.24, 2.45) is 5.10 Å². The lowest BCUT2D eigenvalue weighted by Crippen LogP contribution is -2.17. The van der Waals surface area contributed by atoms with Crippen LogP contribution in [0.3, 0.4) is 0 Å². The smallest absolute Gasteiger partial charge is 0.289 e. The Balaban J connectivity index is 1.72. The molecule has 0 unspecified atom stereocenters. The first-order valence-electron chi connectivity index (χ1n) is 6.80. The second-order valence-corrected chi connectivity index (χ2v) is 4.69. The Morgan fingerprint density at radius 3 is 2.96 bits per heavy atom. The van der Waals surface area contributed by atoms with E-state index >= 15 is 0 Å². The van der Waals surface area contributed by atoms with E-state index in [1.165, 1.54) is 30.7 Å². The van der Waals surface area contributed by atoms with Crippen LogP contribution < -0.4 is 5.43 Å². The summed E-state index contributed by atoms with van der Waals surface area (Å²) < 4.78 is 5.04. The highest BCUT2D eigenvalue weighted by Gasteiger charge is 2.13. The predicted molar refractivity (Wildman–Crippen MR) is 84.4 cm³/mol. The van der Waals surface area contributed by atoms with Gasteiger partial charge in [-0.1, -0.05) is 12.1 Å². The monoisotopic (exact) mass is 325 g/mol. The molecule has 0 aliphatic carbocycles. The Kier molecular flexibility index (Phi) is 4.15. The van der Waals surface area contributed by atoms with Crippen LogP contribution in [-0.4, -0.2) is 27.2 Å². The molecule has 3 rings (SSSR count). The molecule has 0 spiro atoms. The molecule has 0 fully saturated rings. The first kappa shape index (κ1) is 15.2. The number of furan rings is 1. The van der Waals surface area contributed by atoms with Crippen LogP contribution in [0, 0.1) is 10.1 Å². The molecule has 120 valence electrons. The molecule has 0 saturated carbocycles. The number of non-ortho nitro benzene ring substituents is 1. The maximum Gasteiger partial charge on any atom is 0.289 e. The van der Waals surface area contributed by atoms with Gasteiger partial charge in [0.1, 0.15) is 11.5 Å². The summed E-state index contributed by atoms with van der Waals surface area (Å²) in [7, 11) is 0. The molecule has 2 aromatic heterocycles. The number of benzene rings is 1. The van der Waals surface area contributed by atoms with Crippen LogP contribution in [0.1, 0.15) is 16.2 Å². The summed E-state index contributed by atoms with van der Waals surface area (Å²) in [4.78, 5) is 22.3. The Morgan fingerprint density at radius 2 is 2.21 bits per heavy atom.